The second kappa shape index (κ2) is 6.01. The number of ether oxygens (including phenoxy) is 1. The lowest BCUT2D eigenvalue weighted by Gasteiger charge is -2.10. The van der Waals surface area contributed by atoms with E-state index in [1.54, 1.807) is 0 Å². The predicted molar refractivity (Wildman–Crippen MR) is 76.0 cm³/mol. The largest absolute Gasteiger partial charge is 0.469 e. The van der Waals surface area contributed by atoms with Crippen LogP contribution in [0.1, 0.15) is 12.8 Å². The first-order chi connectivity index (χ1) is 9.61. The van der Waals surface area contributed by atoms with Gasteiger partial charge in [-0.2, -0.15) is 0 Å². The molecule has 0 saturated heterocycles. The topological polar surface area (TPSA) is 94.3 Å². The second-order valence-corrected chi connectivity index (χ2v) is 4.23. The molecule has 20 heavy (non-hydrogen) atoms. The fourth-order valence-corrected chi connectivity index (χ4v) is 1.82. The molecule has 3 N–H and O–H groups in total. The van der Waals surface area contributed by atoms with Gasteiger partial charge in [-0.05, 0) is 6.07 Å². The molecule has 0 aliphatic heterocycles. The Morgan fingerprint density at radius 1 is 1.30 bits per heavy atom. The van der Waals surface area contributed by atoms with Crippen LogP contribution in [-0.4, -0.2) is 24.0 Å². The van der Waals surface area contributed by atoms with Crippen LogP contribution in [0.5, 0.6) is 0 Å². The Morgan fingerprint density at radius 3 is 2.80 bits per heavy atom. The maximum absolute atomic E-state index is 11.8. The minimum atomic E-state index is -0.423. The molecule has 0 fully saturated rings. The third-order valence-electron chi connectivity index (χ3n) is 2.85. The molecule has 0 bridgehead atoms. The van der Waals surface area contributed by atoms with Crippen molar-refractivity contribution >= 4 is 34.2 Å². The number of nitrogens with two attached hydrogens (primary N) is 1. The highest BCUT2D eigenvalue weighted by Gasteiger charge is 2.11. The lowest BCUT2D eigenvalue weighted by molar-refractivity contribution is -0.141. The number of aromatic nitrogens is 1. The fourth-order valence-electron chi connectivity index (χ4n) is 1.82. The number of anilines is 2. The van der Waals surface area contributed by atoms with Crippen molar-refractivity contribution in [2.24, 2.45) is 0 Å². The Kier molecular flexibility index (Phi) is 4.14. The van der Waals surface area contributed by atoms with Gasteiger partial charge in [0.1, 0.15) is 0 Å². The number of carbonyl (C=O) groups is 2. The van der Waals surface area contributed by atoms with Gasteiger partial charge in [0.25, 0.3) is 0 Å². The van der Waals surface area contributed by atoms with Crippen molar-refractivity contribution in [3.8, 4) is 0 Å². The van der Waals surface area contributed by atoms with Crippen molar-refractivity contribution < 1.29 is 14.3 Å². The number of pyridine rings is 1. The van der Waals surface area contributed by atoms with Crippen LogP contribution in [-0.2, 0) is 14.3 Å². The van der Waals surface area contributed by atoms with E-state index in [-0.39, 0.29) is 18.7 Å². The van der Waals surface area contributed by atoms with Crippen LogP contribution in [0, 0.1) is 0 Å². The average molecular weight is 273 g/mol. The maximum Gasteiger partial charge on any atom is 0.306 e. The van der Waals surface area contributed by atoms with Crippen LogP contribution in [0.25, 0.3) is 10.9 Å². The Morgan fingerprint density at radius 2 is 2.05 bits per heavy atom. The molecule has 0 saturated carbocycles. The Balaban J connectivity index is 2.18. The van der Waals surface area contributed by atoms with E-state index in [2.05, 4.69) is 15.0 Å². The van der Waals surface area contributed by atoms with Crippen molar-refractivity contribution in [3.05, 3.63) is 30.5 Å². The lowest BCUT2D eigenvalue weighted by atomic mass is 10.1. The molecule has 0 unspecified atom stereocenters. The molecule has 1 aromatic heterocycles. The summed E-state index contributed by atoms with van der Waals surface area (Å²) in [5.74, 6) is -0.717. The average Bonchev–Trinajstić information content (AvgIpc) is 2.47. The molecule has 1 amide bonds. The molecule has 0 radical (unpaired) electrons. The number of para-hydroxylation sites is 1. The zero-order chi connectivity index (χ0) is 14.5. The van der Waals surface area contributed by atoms with E-state index >= 15 is 0 Å². The van der Waals surface area contributed by atoms with Gasteiger partial charge in [-0.15, -0.1) is 0 Å². The third kappa shape index (κ3) is 3.03. The standard InChI is InChI=1S/C14H15N3O3/c1-20-13(19)7-6-12(18)17-14-9-4-2-3-5-11(9)16-8-10(14)15/h2-5,8H,6-7,15H2,1H3,(H,16,17,18). The summed E-state index contributed by atoms with van der Waals surface area (Å²) in [7, 11) is 1.29. The van der Waals surface area contributed by atoms with E-state index in [0.717, 1.165) is 10.9 Å². The van der Waals surface area contributed by atoms with Crippen LogP contribution < -0.4 is 11.1 Å². The lowest BCUT2D eigenvalue weighted by Crippen LogP contribution is -2.15. The van der Waals surface area contributed by atoms with Crippen LogP contribution >= 0.6 is 0 Å². The SMILES string of the molecule is COC(=O)CCC(=O)Nc1c(N)cnc2ccccc12. The van der Waals surface area contributed by atoms with E-state index < -0.39 is 5.97 Å². The van der Waals surface area contributed by atoms with Crippen molar-refractivity contribution in [1.82, 2.24) is 4.98 Å². The highest BCUT2D eigenvalue weighted by molar-refractivity contribution is 6.05. The van der Waals surface area contributed by atoms with Gasteiger partial charge in [-0.1, -0.05) is 18.2 Å². The molecule has 0 aliphatic carbocycles. The van der Waals surface area contributed by atoms with Crippen LogP contribution in [0.2, 0.25) is 0 Å². The minimum absolute atomic E-state index is 0.0330. The van der Waals surface area contributed by atoms with Gasteiger partial charge in [0.15, 0.2) is 0 Å². The number of carbonyl (C=O) groups excluding carboxylic acids is 2. The molecular weight excluding hydrogens is 258 g/mol. The molecule has 1 aromatic carbocycles. The number of methoxy groups -OCH3 is 1. The molecule has 0 aliphatic rings. The van der Waals surface area contributed by atoms with E-state index in [1.807, 2.05) is 24.3 Å². The zero-order valence-electron chi connectivity index (χ0n) is 11.1. The first kappa shape index (κ1) is 13.8. The molecular formula is C14H15N3O3. The molecule has 104 valence electrons. The van der Waals surface area contributed by atoms with Crippen LogP contribution in [0.15, 0.2) is 30.5 Å². The zero-order valence-corrected chi connectivity index (χ0v) is 11.1. The van der Waals surface area contributed by atoms with E-state index in [0.29, 0.717) is 11.4 Å². The van der Waals surface area contributed by atoms with Crippen LogP contribution in [0.4, 0.5) is 11.4 Å². The maximum atomic E-state index is 11.8. The molecule has 1 heterocycles. The summed E-state index contributed by atoms with van der Waals surface area (Å²) in [6.45, 7) is 0. The Bertz CT molecular complexity index is 655. The molecule has 0 atom stereocenters. The Labute approximate surface area is 115 Å². The number of hydrogen-bond acceptors (Lipinski definition) is 5. The summed E-state index contributed by atoms with van der Waals surface area (Å²) in [5, 5.41) is 3.48. The summed E-state index contributed by atoms with van der Waals surface area (Å²) in [6, 6.07) is 7.36. The highest BCUT2D eigenvalue weighted by Crippen LogP contribution is 2.27. The minimum Gasteiger partial charge on any atom is -0.469 e. The van der Waals surface area contributed by atoms with Gasteiger partial charge in [-0.25, -0.2) is 0 Å². The number of nitrogen functional groups attached to an aromatic ring is 1. The summed E-state index contributed by atoms with van der Waals surface area (Å²) in [5.41, 5.74) is 7.49. The molecule has 6 nitrogen and oxygen atoms in total. The quantitative estimate of drug-likeness (QED) is 0.827. The number of nitrogens with one attached hydrogen (secondary N) is 1. The number of rotatable bonds is 4. The number of benzene rings is 1. The predicted octanol–water partition coefficient (Wildman–Crippen LogP) is 1.71. The number of esters is 1. The second-order valence-electron chi connectivity index (χ2n) is 4.23. The molecule has 2 rings (SSSR count). The van der Waals surface area contributed by atoms with E-state index in [1.165, 1.54) is 13.3 Å². The molecule has 6 heteroatoms. The van der Waals surface area contributed by atoms with Crippen molar-refractivity contribution in [3.63, 3.8) is 0 Å². The smallest absolute Gasteiger partial charge is 0.306 e. The summed E-state index contributed by atoms with van der Waals surface area (Å²) < 4.78 is 4.49. The van der Waals surface area contributed by atoms with E-state index in [9.17, 15) is 9.59 Å². The number of hydrogen-bond donors (Lipinski definition) is 2. The summed E-state index contributed by atoms with van der Waals surface area (Å²) in [4.78, 5) is 27.0. The first-order valence-electron chi connectivity index (χ1n) is 6.11. The fraction of sp³-hybridized carbons (Fsp3) is 0.214. The normalized spacial score (nSPS) is 10.2. The number of nitrogens with zero attached hydrogens (tertiary/aromatic N) is 1. The van der Waals surface area contributed by atoms with Gasteiger partial charge in [-0.3, -0.25) is 14.6 Å². The number of fused-ring (bicyclic) bond motifs is 1. The van der Waals surface area contributed by atoms with Crippen molar-refractivity contribution in [2.75, 3.05) is 18.2 Å². The summed E-state index contributed by atoms with van der Waals surface area (Å²) in [6.07, 6.45) is 1.58. The van der Waals surface area contributed by atoms with Gasteiger partial charge in [0.05, 0.1) is 36.6 Å². The van der Waals surface area contributed by atoms with E-state index in [4.69, 9.17) is 5.73 Å². The molecule has 2 aromatic rings. The first-order valence-corrected chi connectivity index (χ1v) is 6.11. The molecule has 0 spiro atoms. The monoisotopic (exact) mass is 273 g/mol. The van der Waals surface area contributed by atoms with Gasteiger partial charge in [0.2, 0.25) is 5.91 Å². The summed E-state index contributed by atoms with van der Waals surface area (Å²) >= 11 is 0. The van der Waals surface area contributed by atoms with Crippen molar-refractivity contribution in [1.29, 1.82) is 0 Å². The van der Waals surface area contributed by atoms with Gasteiger partial charge >= 0.3 is 5.97 Å². The van der Waals surface area contributed by atoms with Gasteiger partial charge in [0, 0.05) is 11.8 Å². The highest BCUT2D eigenvalue weighted by atomic mass is 16.5. The van der Waals surface area contributed by atoms with Crippen LogP contribution in [0.3, 0.4) is 0 Å². The van der Waals surface area contributed by atoms with Crippen molar-refractivity contribution in [2.45, 2.75) is 12.8 Å². The Hall–Kier alpha value is -2.63. The number of amides is 1. The third-order valence-corrected chi connectivity index (χ3v) is 2.85. The van der Waals surface area contributed by atoms with Gasteiger partial charge < -0.3 is 15.8 Å².